The second-order valence-corrected chi connectivity index (χ2v) is 6.38. The van der Waals surface area contributed by atoms with Crippen LogP contribution in [0.5, 0.6) is 0 Å². The van der Waals surface area contributed by atoms with E-state index in [9.17, 15) is 24.7 Å². The Kier molecular flexibility index (Phi) is 5.69. The van der Waals surface area contributed by atoms with Crippen molar-refractivity contribution >= 4 is 29.2 Å². The van der Waals surface area contributed by atoms with E-state index in [1.165, 1.54) is 41.3 Å². The third-order valence-electron chi connectivity index (χ3n) is 4.61. The summed E-state index contributed by atoms with van der Waals surface area (Å²) >= 11 is 0. The number of aromatic carboxylic acids is 1. The highest BCUT2D eigenvalue weighted by Crippen LogP contribution is 2.23. The van der Waals surface area contributed by atoms with Crippen LogP contribution in [0.1, 0.15) is 33.6 Å². The molecule has 2 atom stereocenters. The van der Waals surface area contributed by atoms with Gasteiger partial charge in [0, 0.05) is 24.2 Å². The van der Waals surface area contributed by atoms with Crippen LogP contribution in [0.2, 0.25) is 0 Å². The number of carbonyl (C=O) groups excluding carboxylic acids is 2. The molecule has 2 amide bonds. The second kappa shape index (κ2) is 8.17. The van der Waals surface area contributed by atoms with Gasteiger partial charge in [-0.05, 0) is 37.1 Å². The number of nitrogens with zero attached hydrogens (tertiary/aromatic N) is 1. The van der Waals surface area contributed by atoms with E-state index < -0.39 is 23.1 Å². The zero-order chi connectivity index (χ0) is 20.3. The monoisotopic (exact) mass is 385 g/mol. The maximum absolute atomic E-state index is 12.8. The smallest absolute Gasteiger partial charge is 0.337 e. The third-order valence-corrected chi connectivity index (χ3v) is 4.61. The van der Waals surface area contributed by atoms with Crippen molar-refractivity contribution in [2.45, 2.75) is 18.9 Å². The molecule has 1 aliphatic rings. The van der Waals surface area contributed by atoms with Crippen molar-refractivity contribution in [2.75, 3.05) is 11.9 Å². The Morgan fingerprint density at radius 2 is 1.79 bits per heavy atom. The van der Waals surface area contributed by atoms with E-state index in [-0.39, 0.29) is 28.4 Å². The predicted molar refractivity (Wildman–Crippen MR) is 98.3 cm³/mol. The number of carbonyl (C=O) groups is 3. The first kappa shape index (κ1) is 19.5. The minimum atomic E-state index is -1.16. The Bertz CT molecular complexity index is 897. The van der Waals surface area contributed by atoms with Crippen molar-refractivity contribution in [3.05, 3.63) is 64.9 Å². The van der Waals surface area contributed by atoms with Crippen LogP contribution in [0.3, 0.4) is 0 Å². The lowest BCUT2D eigenvalue weighted by atomic mass is 10.1. The first-order chi connectivity index (χ1) is 13.4. The predicted octanol–water partition coefficient (Wildman–Crippen LogP) is 1.03. The van der Waals surface area contributed by atoms with Gasteiger partial charge < -0.3 is 20.5 Å². The van der Waals surface area contributed by atoms with Gasteiger partial charge in [0.15, 0.2) is 5.69 Å². The third kappa shape index (κ3) is 4.01. The number of likely N-dealkylation sites (tertiary alicyclic amines) is 1. The minimum Gasteiger partial charge on any atom is -0.595 e. The highest BCUT2D eigenvalue weighted by Gasteiger charge is 2.35. The Morgan fingerprint density at radius 3 is 2.43 bits per heavy atom. The molecule has 0 spiro atoms. The summed E-state index contributed by atoms with van der Waals surface area (Å²) in [5, 5.41) is 30.6. The largest absolute Gasteiger partial charge is 0.595 e. The van der Waals surface area contributed by atoms with Crippen LogP contribution in [0.4, 0.5) is 11.4 Å². The second-order valence-electron chi connectivity index (χ2n) is 6.38. The Hall–Kier alpha value is -3.27. The summed E-state index contributed by atoms with van der Waals surface area (Å²) in [6, 6.07) is 10.8. The molecule has 146 valence electrons. The number of para-hydroxylation sites is 1. The topological polar surface area (TPSA) is 134 Å². The van der Waals surface area contributed by atoms with Crippen LogP contribution in [0, 0.1) is 5.21 Å². The molecular formula is C19H19N3O6. The average Bonchev–Trinajstić information content (AvgIpc) is 3.17. The number of hydrogen-bond donors (Lipinski definition) is 4. The SMILES string of the molecule is O=C(O)c1ccccc1NC(=O)C1CCCN1C(=O)c1ccc([NH+]([O-])O)cc1. The van der Waals surface area contributed by atoms with E-state index in [0.29, 0.717) is 19.4 Å². The summed E-state index contributed by atoms with van der Waals surface area (Å²) < 4.78 is 0. The number of hydrogen-bond acceptors (Lipinski definition) is 5. The number of carboxylic acid groups (broad SMARTS) is 1. The summed E-state index contributed by atoms with van der Waals surface area (Å²) in [5.41, 5.74) is 0.495. The Balaban J connectivity index is 1.76. The molecule has 2 aromatic rings. The zero-order valence-electron chi connectivity index (χ0n) is 14.8. The standard InChI is InChI=1S/C19H19N3O6/c23-17(20-15-5-2-1-4-14(15)19(25)26)16-6-3-11-21(16)18(24)12-7-9-13(10-8-12)22(27)28/h1-2,4-5,7-10,16,22,27H,3,6,11H2,(H,20,23)(H,25,26). The number of amides is 2. The average molecular weight is 385 g/mol. The Labute approximate surface area is 160 Å². The molecule has 1 heterocycles. The van der Waals surface area contributed by atoms with E-state index in [4.69, 9.17) is 5.21 Å². The van der Waals surface area contributed by atoms with Crippen LogP contribution in [0.15, 0.2) is 48.5 Å². The van der Waals surface area contributed by atoms with E-state index in [1.807, 2.05) is 0 Å². The van der Waals surface area contributed by atoms with E-state index >= 15 is 0 Å². The normalized spacial score (nSPS) is 17.2. The van der Waals surface area contributed by atoms with E-state index in [2.05, 4.69) is 5.32 Å². The number of quaternary nitrogens is 1. The molecule has 0 bridgehead atoms. The van der Waals surface area contributed by atoms with Gasteiger partial charge in [-0.3, -0.25) is 9.59 Å². The molecule has 1 fully saturated rings. The molecule has 9 nitrogen and oxygen atoms in total. The number of anilines is 1. The molecule has 0 aromatic heterocycles. The lowest BCUT2D eigenvalue weighted by Crippen LogP contribution is -2.99. The molecule has 28 heavy (non-hydrogen) atoms. The van der Waals surface area contributed by atoms with Gasteiger partial charge in [-0.2, -0.15) is 5.23 Å². The van der Waals surface area contributed by atoms with Gasteiger partial charge in [0.05, 0.1) is 11.3 Å². The van der Waals surface area contributed by atoms with E-state index in [0.717, 1.165) is 0 Å². The van der Waals surface area contributed by atoms with Crippen molar-refractivity contribution in [1.29, 1.82) is 0 Å². The molecule has 4 N–H and O–H groups in total. The maximum atomic E-state index is 12.8. The van der Waals surface area contributed by atoms with Crippen LogP contribution in [0.25, 0.3) is 0 Å². The fourth-order valence-electron chi connectivity index (χ4n) is 3.20. The summed E-state index contributed by atoms with van der Waals surface area (Å²) in [4.78, 5) is 38.2. The van der Waals surface area contributed by atoms with Crippen LogP contribution >= 0.6 is 0 Å². The van der Waals surface area contributed by atoms with Gasteiger partial charge in [0.2, 0.25) is 5.91 Å². The lowest BCUT2D eigenvalue weighted by molar-refractivity contribution is -0.991. The fraction of sp³-hybridized carbons (Fsp3) is 0.211. The maximum Gasteiger partial charge on any atom is 0.337 e. The molecule has 3 rings (SSSR count). The van der Waals surface area contributed by atoms with Crippen LogP contribution < -0.4 is 10.5 Å². The fourth-order valence-corrected chi connectivity index (χ4v) is 3.20. The van der Waals surface area contributed by atoms with Crippen LogP contribution in [-0.2, 0) is 4.79 Å². The molecule has 0 aliphatic carbocycles. The first-order valence-corrected chi connectivity index (χ1v) is 8.66. The summed E-state index contributed by atoms with van der Waals surface area (Å²) in [6.45, 7) is 0.387. The van der Waals surface area contributed by atoms with Gasteiger partial charge in [-0.25, -0.2) is 10.0 Å². The molecular weight excluding hydrogens is 366 g/mol. The quantitative estimate of drug-likeness (QED) is 0.568. The highest BCUT2D eigenvalue weighted by molar-refractivity contribution is 6.04. The van der Waals surface area contributed by atoms with Gasteiger partial charge in [0.1, 0.15) is 6.04 Å². The van der Waals surface area contributed by atoms with Gasteiger partial charge >= 0.3 is 5.97 Å². The van der Waals surface area contributed by atoms with Gasteiger partial charge in [0.25, 0.3) is 5.91 Å². The summed E-state index contributed by atoms with van der Waals surface area (Å²) in [6.07, 6.45) is 1.09. The molecule has 1 aliphatic heterocycles. The van der Waals surface area contributed by atoms with Crippen molar-refractivity contribution in [3.63, 3.8) is 0 Å². The first-order valence-electron chi connectivity index (χ1n) is 8.66. The van der Waals surface area contributed by atoms with Crippen molar-refractivity contribution in [2.24, 2.45) is 0 Å². The number of nitrogens with one attached hydrogen (secondary N) is 2. The molecule has 0 saturated carbocycles. The number of rotatable bonds is 5. The lowest BCUT2D eigenvalue weighted by Gasteiger charge is -2.24. The number of carboxylic acids is 1. The minimum absolute atomic E-state index is 0.0315. The van der Waals surface area contributed by atoms with E-state index in [1.54, 1.807) is 12.1 Å². The van der Waals surface area contributed by atoms with Crippen molar-refractivity contribution in [3.8, 4) is 0 Å². The molecule has 9 heteroatoms. The van der Waals surface area contributed by atoms with Crippen molar-refractivity contribution in [1.82, 2.24) is 4.90 Å². The zero-order valence-corrected chi connectivity index (χ0v) is 14.8. The van der Waals surface area contributed by atoms with Crippen molar-refractivity contribution < 1.29 is 29.9 Å². The van der Waals surface area contributed by atoms with Crippen LogP contribution in [-0.4, -0.2) is 45.6 Å². The molecule has 0 radical (unpaired) electrons. The van der Waals surface area contributed by atoms with Gasteiger partial charge in [-0.1, -0.05) is 12.1 Å². The Morgan fingerprint density at radius 1 is 1.11 bits per heavy atom. The van der Waals surface area contributed by atoms with Gasteiger partial charge in [-0.15, -0.1) is 0 Å². The summed E-state index contributed by atoms with van der Waals surface area (Å²) in [5.74, 6) is -1.99. The molecule has 2 aromatic carbocycles. The molecule has 2 unspecified atom stereocenters. The molecule has 1 saturated heterocycles. The summed E-state index contributed by atoms with van der Waals surface area (Å²) in [7, 11) is 0. The number of benzene rings is 2. The highest BCUT2D eigenvalue weighted by atomic mass is 16.8.